The molecule has 7 heteroatoms. The molecule has 0 spiro atoms. The van der Waals surface area contributed by atoms with Crippen molar-refractivity contribution < 1.29 is 28.5 Å². The number of nitrogens with one attached hydrogen (secondary N) is 1. The number of carbonyl (C=O) groups excluding carboxylic acids is 2. The molecule has 0 aromatic heterocycles. The van der Waals surface area contributed by atoms with E-state index in [1.54, 1.807) is 0 Å². The van der Waals surface area contributed by atoms with Crippen LogP contribution < -0.4 is 19.5 Å². The minimum Gasteiger partial charge on any atom is -0.493 e. The lowest BCUT2D eigenvalue weighted by atomic mass is 9.78. The van der Waals surface area contributed by atoms with Crippen LogP contribution in [0.15, 0.2) is 12.1 Å². The van der Waals surface area contributed by atoms with Gasteiger partial charge < -0.3 is 24.3 Å². The summed E-state index contributed by atoms with van der Waals surface area (Å²) in [5.41, 5.74) is 0.219. The molecule has 1 aromatic rings. The van der Waals surface area contributed by atoms with Gasteiger partial charge in [0.05, 0.1) is 26.9 Å². The van der Waals surface area contributed by atoms with Gasteiger partial charge in [-0.2, -0.15) is 0 Å². The molecular weight excluding hydrogens is 350 g/mol. The second-order valence-corrected chi connectivity index (χ2v) is 6.93. The molecular formula is C20H29NO6. The molecule has 3 atom stereocenters. The lowest BCUT2D eigenvalue weighted by Crippen LogP contribution is -2.45. The highest BCUT2D eigenvalue weighted by molar-refractivity contribution is 5.92. The van der Waals surface area contributed by atoms with Crippen LogP contribution in [0.25, 0.3) is 0 Å². The van der Waals surface area contributed by atoms with Crippen molar-refractivity contribution >= 4 is 11.9 Å². The Bertz CT molecular complexity index is 649. The Labute approximate surface area is 160 Å². The molecule has 27 heavy (non-hydrogen) atoms. The Hall–Kier alpha value is -2.44. The molecule has 150 valence electrons. The van der Waals surface area contributed by atoms with Crippen LogP contribution in [0, 0.1) is 11.8 Å². The van der Waals surface area contributed by atoms with Gasteiger partial charge in [-0.05, 0) is 30.4 Å². The molecule has 0 aliphatic heterocycles. The van der Waals surface area contributed by atoms with Gasteiger partial charge in [-0.1, -0.05) is 26.7 Å². The largest absolute Gasteiger partial charge is 0.493 e. The fraction of sp³-hybridized carbons (Fsp3) is 0.600. The molecule has 1 N–H and O–H groups in total. The summed E-state index contributed by atoms with van der Waals surface area (Å²) in [5.74, 6) is 1.14. The first kappa shape index (κ1) is 20.9. The summed E-state index contributed by atoms with van der Waals surface area (Å²) in [5, 5.41) is 2.98. The third kappa shape index (κ3) is 5.05. The van der Waals surface area contributed by atoms with E-state index in [1.165, 1.54) is 39.9 Å². The van der Waals surface area contributed by atoms with Gasteiger partial charge in [0.25, 0.3) is 5.91 Å². The van der Waals surface area contributed by atoms with Gasteiger partial charge >= 0.3 is 5.97 Å². The molecule has 1 amide bonds. The molecule has 0 radical (unpaired) electrons. The van der Waals surface area contributed by atoms with Crippen molar-refractivity contribution in [1.82, 2.24) is 5.32 Å². The van der Waals surface area contributed by atoms with Gasteiger partial charge in [0.1, 0.15) is 0 Å². The Morgan fingerprint density at radius 2 is 1.67 bits per heavy atom. The number of methoxy groups -OCH3 is 3. The van der Waals surface area contributed by atoms with E-state index in [0.717, 1.165) is 12.8 Å². The van der Waals surface area contributed by atoms with Gasteiger partial charge in [0, 0.05) is 6.04 Å². The van der Waals surface area contributed by atoms with E-state index in [4.69, 9.17) is 18.9 Å². The van der Waals surface area contributed by atoms with E-state index in [0.29, 0.717) is 29.1 Å². The van der Waals surface area contributed by atoms with Crippen LogP contribution in [0.2, 0.25) is 0 Å². The van der Waals surface area contributed by atoms with Crippen molar-refractivity contribution in [1.29, 1.82) is 0 Å². The lowest BCUT2D eigenvalue weighted by Gasteiger charge is -2.34. The van der Waals surface area contributed by atoms with Gasteiger partial charge in [-0.25, -0.2) is 4.79 Å². The smallest absolute Gasteiger partial charge is 0.338 e. The van der Waals surface area contributed by atoms with Crippen LogP contribution in [-0.4, -0.2) is 45.9 Å². The maximum absolute atomic E-state index is 12.3. The number of amides is 1. The summed E-state index contributed by atoms with van der Waals surface area (Å²) in [6.07, 6.45) is 3.24. The Balaban J connectivity index is 1.98. The summed E-state index contributed by atoms with van der Waals surface area (Å²) in [7, 11) is 4.41. The monoisotopic (exact) mass is 379 g/mol. The standard InChI is InChI=1S/C20H29NO6/c1-12-7-6-8-15(13(12)2)21-18(22)11-27-20(23)14-9-16(24-3)19(26-5)17(10-14)25-4/h9-10,12-13,15H,6-8,11H2,1-5H3,(H,21,22). The Morgan fingerprint density at radius 3 is 2.22 bits per heavy atom. The molecule has 2 rings (SSSR count). The first-order chi connectivity index (χ1) is 12.9. The highest BCUT2D eigenvalue weighted by atomic mass is 16.5. The topological polar surface area (TPSA) is 83.1 Å². The summed E-state index contributed by atoms with van der Waals surface area (Å²) >= 11 is 0. The summed E-state index contributed by atoms with van der Waals surface area (Å²) in [6.45, 7) is 4.03. The van der Waals surface area contributed by atoms with Gasteiger partial charge in [0.15, 0.2) is 18.1 Å². The zero-order valence-electron chi connectivity index (χ0n) is 16.7. The Kier molecular flexibility index (Phi) is 7.33. The van der Waals surface area contributed by atoms with E-state index in [2.05, 4.69) is 19.2 Å². The second-order valence-electron chi connectivity index (χ2n) is 6.93. The summed E-state index contributed by atoms with van der Waals surface area (Å²) in [4.78, 5) is 24.5. The third-order valence-corrected chi connectivity index (χ3v) is 5.29. The van der Waals surface area contributed by atoms with Gasteiger partial charge in [-0.15, -0.1) is 0 Å². The number of benzene rings is 1. The summed E-state index contributed by atoms with van der Waals surface area (Å²) in [6, 6.07) is 3.11. The molecule has 1 aliphatic rings. The molecule has 0 heterocycles. The van der Waals surface area contributed by atoms with E-state index in [-0.39, 0.29) is 24.1 Å². The fourth-order valence-corrected chi connectivity index (χ4v) is 3.45. The number of rotatable bonds is 7. The van der Waals surface area contributed by atoms with Crippen LogP contribution in [0.3, 0.4) is 0 Å². The fourth-order valence-electron chi connectivity index (χ4n) is 3.45. The van der Waals surface area contributed by atoms with E-state index < -0.39 is 5.97 Å². The number of carbonyl (C=O) groups is 2. The van der Waals surface area contributed by atoms with Crippen LogP contribution in [0.4, 0.5) is 0 Å². The van der Waals surface area contributed by atoms with Gasteiger partial charge in [-0.3, -0.25) is 4.79 Å². The molecule has 1 fully saturated rings. The number of hydrogen-bond donors (Lipinski definition) is 1. The van der Waals surface area contributed by atoms with E-state index >= 15 is 0 Å². The first-order valence-electron chi connectivity index (χ1n) is 9.17. The SMILES string of the molecule is COc1cc(C(=O)OCC(=O)NC2CCCC(C)C2C)cc(OC)c1OC. The molecule has 1 saturated carbocycles. The average Bonchev–Trinajstić information content (AvgIpc) is 2.68. The maximum atomic E-state index is 12.3. The highest BCUT2D eigenvalue weighted by Gasteiger charge is 2.28. The van der Waals surface area contributed by atoms with Crippen LogP contribution in [0.1, 0.15) is 43.5 Å². The quantitative estimate of drug-likeness (QED) is 0.734. The van der Waals surface area contributed by atoms with Crippen molar-refractivity contribution in [2.24, 2.45) is 11.8 Å². The van der Waals surface area contributed by atoms with E-state index in [1.807, 2.05) is 0 Å². The highest BCUT2D eigenvalue weighted by Crippen LogP contribution is 2.38. The number of ether oxygens (including phenoxy) is 4. The summed E-state index contributed by atoms with van der Waals surface area (Å²) < 4.78 is 20.8. The average molecular weight is 379 g/mol. The molecule has 7 nitrogen and oxygen atoms in total. The van der Waals surface area contributed by atoms with Crippen molar-refractivity contribution in [3.8, 4) is 17.2 Å². The Morgan fingerprint density at radius 1 is 1.04 bits per heavy atom. The lowest BCUT2D eigenvalue weighted by molar-refractivity contribution is -0.125. The third-order valence-electron chi connectivity index (χ3n) is 5.29. The minimum atomic E-state index is -0.630. The minimum absolute atomic E-state index is 0.126. The molecule has 0 bridgehead atoms. The zero-order valence-corrected chi connectivity index (χ0v) is 16.7. The van der Waals surface area contributed by atoms with Crippen LogP contribution in [0.5, 0.6) is 17.2 Å². The molecule has 1 aliphatic carbocycles. The predicted molar refractivity (Wildman–Crippen MR) is 100 cm³/mol. The van der Waals surface area contributed by atoms with Crippen LogP contribution in [-0.2, 0) is 9.53 Å². The van der Waals surface area contributed by atoms with E-state index in [9.17, 15) is 9.59 Å². The maximum Gasteiger partial charge on any atom is 0.338 e. The van der Waals surface area contributed by atoms with Gasteiger partial charge in [0.2, 0.25) is 5.75 Å². The predicted octanol–water partition coefficient (Wildman–Crippen LogP) is 2.81. The molecule has 0 saturated heterocycles. The first-order valence-corrected chi connectivity index (χ1v) is 9.17. The number of esters is 1. The normalized spacial score (nSPS) is 21.9. The van der Waals surface area contributed by atoms with Crippen molar-refractivity contribution in [2.75, 3.05) is 27.9 Å². The van der Waals surface area contributed by atoms with Crippen molar-refractivity contribution in [3.63, 3.8) is 0 Å². The second kappa shape index (κ2) is 9.48. The molecule has 3 unspecified atom stereocenters. The van der Waals surface area contributed by atoms with Crippen molar-refractivity contribution in [3.05, 3.63) is 17.7 Å². The van der Waals surface area contributed by atoms with Crippen LogP contribution >= 0.6 is 0 Å². The molecule has 1 aromatic carbocycles. The zero-order chi connectivity index (χ0) is 20.0. The van der Waals surface area contributed by atoms with Crippen molar-refractivity contribution in [2.45, 2.75) is 39.2 Å². The number of hydrogen-bond acceptors (Lipinski definition) is 6.